The van der Waals surface area contributed by atoms with Gasteiger partial charge in [0.2, 0.25) is 11.8 Å². The first kappa shape index (κ1) is 22.4. The molecule has 0 atom stereocenters. The highest BCUT2D eigenvalue weighted by molar-refractivity contribution is 14.0. The van der Waals surface area contributed by atoms with E-state index >= 15 is 0 Å². The second-order valence-corrected chi connectivity index (χ2v) is 6.94. The molecule has 1 aromatic rings. The average Bonchev–Trinajstić information content (AvgIpc) is 2.70. The zero-order valence-electron chi connectivity index (χ0n) is 16.7. The maximum atomic E-state index is 12.8. The van der Waals surface area contributed by atoms with Gasteiger partial charge in [0, 0.05) is 51.9 Å². The summed E-state index contributed by atoms with van der Waals surface area (Å²) in [6, 6.07) is 8.11. The molecular formula is C20H30IN5O2. The number of benzene rings is 1. The Balaban J connectivity index is 0.00000280. The van der Waals surface area contributed by atoms with Crippen molar-refractivity contribution in [2.45, 2.75) is 26.7 Å². The Morgan fingerprint density at radius 2 is 1.75 bits per heavy atom. The minimum absolute atomic E-state index is 0. The van der Waals surface area contributed by atoms with E-state index in [1.807, 2.05) is 34.9 Å². The summed E-state index contributed by atoms with van der Waals surface area (Å²) in [4.78, 5) is 34.7. The van der Waals surface area contributed by atoms with E-state index in [0.717, 1.165) is 50.7 Å². The number of hydrogen-bond donors (Lipinski definition) is 1. The Morgan fingerprint density at radius 1 is 1.07 bits per heavy atom. The molecule has 1 aromatic carbocycles. The predicted octanol–water partition coefficient (Wildman–Crippen LogP) is 1.71. The lowest BCUT2D eigenvalue weighted by Gasteiger charge is -2.36. The van der Waals surface area contributed by atoms with Gasteiger partial charge in [-0.1, -0.05) is 18.2 Å². The molecule has 7 nitrogen and oxygen atoms in total. The largest absolute Gasteiger partial charge is 0.357 e. The van der Waals surface area contributed by atoms with Crippen molar-refractivity contribution in [1.29, 1.82) is 0 Å². The lowest BCUT2D eigenvalue weighted by Crippen LogP contribution is -2.53. The van der Waals surface area contributed by atoms with Gasteiger partial charge in [0.15, 0.2) is 5.96 Å². The highest BCUT2D eigenvalue weighted by Crippen LogP contribution is 2.26. The van der Waals surface area contributed by atoms with Crippen molar-refractivity contribution in [3.63, 3.8) is 0 Å². The first-order chi connectivity index (χ1) is 13.1. The number of rotatable bonds is 3. The molecule has 0 spiro atoms. The number of halogens is 1. The van der Waals surface area contributed by atoms with Crippen LogP contribution in [0.3, 0.4) is 0 Å². The number of nitrogens with zero attached hydrogens (tertiary/aromatic N) is 4. The van der Waals surface area contributed by atoms with Gasteiger partial charge in [-0.15, -0.1) is 24.0 Å². The van der Waals surface area contributed by atoms with E-state index in [0.29, 0.717) is 13.1 Å². The number of aryl methyl sites for hydroxylation is 1. The third-order valence-corrected chi connectivity index (χ3v) is 5.13. The molecule has 0 radical (unpaired) electrons. The molecule has 28 heavy (non-hydrogen) atoms. The van der Waals surface area contributed by atoms with Crippen molar-refractivity contribution in [3.05, 3.63) is 29.8 Å². The molecule has 1 fully saturated rings. The fraction of sp³-hybridized carbons (Fsp3) is 0.550. The molecule has 2 amide bonds. The molecule has 0 aliphatic carbocycles. The topological polar surface area (TPSA) is 68.2 Å². The smallest absolute Gasteiger partial charge is 0.248 e. The van der Waals surface area contributed by atoms with Crippen LogP contribution in [0.1, 0.15) is 25.8 Å². The van der Waals surface area contributed by atoms with Crippen LogP contribution in [0, 0.1) is 0 Å². The van der Waals surface area contributed by atoms with Crippen molar-refractivity contribution in [3.8, 4) is 0 Å². The average molecular weight is 499 g/mol. The van der Waals surface area contributed by atoms with Gasteiger partial charge in [0.1, 0.15) is 6.54 Å². The Kier molecular flexibility index (Phi) is 8.53. The van der Waals surface area contributed by atoms with E-state index in [2.05, 4.69) is 21.3 Å². The molecule has 0 saturated carbocycles. The Bertz CT molecular complexity index is 716. The lowest BCUT2D eigenvalue weighted by atomic mass is 10.0. The normalized spacial score (nSPS) is 16.9. The van der Waals surface area contributed by atoms with Gasteiger partial charge in [0.25, 0.3) is 0 Å². The van der Waals surface area contributed by atoms with Crippen LogP contribution in [0.15, 0.2) is 29.3 Å². The van der Waals surface area contributed by atoms with Crippen molar-refractivity contribution >= 4 is 47.4 Å². The molecule has 0 bridgehead atoms. The molecule has 154 valence electrons. The fourth-order valence-corrected chi connectivity index (χ4v) is 3.68. The van der Waals surface area contributed by atoms with Crippen LogP contribution in [-0.2, 0) is 16.0 Å². The number of aliphatic imine (C=N–C) groups is 1. The molecule has 1 saturated heterocycles. The van der Waals surface area contributed by atoms with Crippen LogP contribution < -0.4 is 10.2 Å². The summed E-state index contributed by atoms with van der Waals surface area (Å²) in [6.07, 6.45) is 2.01. The van der Waals surface area contributed by atoms with Crippen molar-refractivity contribution in [1.82, 2.24) is 15.1 Å². The summed E-state index contributed by atoms with van der Waals surface area (Å²) in [5.74, 6) is 0.884. The van der Waals surface area contributed by atoms with Crippen LogP contribution in [-0.4, -0.2) is 73.4 Å². The van der Waals surface area contributed by atoms with Crippen LogP contribution in [0.2, 0.25) is 0 Å². The summed E-state index contributed by atoms with van der Waals surface area (Å²) in [5, 5.41) is 3.28. The van der Waals surface area contributed by atoms with E-state index < -0.39 is 0 Å². The zero-order chi connectivity index (χ0) is 19.2. The number of carbonyl (C=O) groups is 2. The van der Waals surface area contributed by atoms with Gasteiger partial charge in [-0.05, 0) is 31.4 Å². The first-order valence-electron chi connectivity index (χ1n) is 9.77. The monoisotopic (exact) mass is 499 g/mol. The fourth-order valence-electron chi connectivity index (χ4n) is 3.68. The number of hydrogen-bond acceptors (Lipinski definition) is 3. The number of piperazine rings is 1. The van der Waals surface area contributed by atoms with Crippen LogP contribution in [0.4, 0.5) is 5.69 Å². The Hall–Kier alpha value is -1.84. The number of para-hydroxylation sites is 1. The highest BCUT2D eigenvalue weighted by Gasteiger charge is 2.24. The van der Waals surface area contributed by atoms with Crippen molar-refractivity contribution < 1.29 is 9.59 Å². The summed E-state index contributed by atoms with van der Waals surface area (Å²) in [7, 11) is 0. The summed E-state index contributed by atoms with van der Waals surface area (Å²) >= 11 is 0. The van der Waals surface area contributed by atoms with Crippen LogP contribution in [0.5, 0.6) is 0 Å². The van der Waals surface area contributed by atoms with Gasteiger partial charge in [-0.3, -0.25) is 9.59 Å². The minimum Gasteiger partial charge on any atom is -0.357 e. The molecule has 3 rings (SSSR count). The van der Waals surface area contributed by atoms with Gasteiger partial charge >= 0.3 is 0 Å². The molecule has 1 N–H and O–H groups in total. The number of anilines is 1. The number of guanidine groups is 1. The summed E-state index contributed by atoms with van der Waals surface area (Å²) < 4.78 is 0. The van der Waals surface area contributed by atoms with Gasteiger partial charge in [-0.25, -0.2) is 4.99 Å². The maximum absolute atomic E-state index is 12.8. The van der Waals surface area contributed by atoms with Crippen LogP contribution in [0.25, 0.3) is 0 Å². The highest BCUT2D eigenvalue weighted by atomic mass is 127. The molecule has 0 aromatic heterocycles. The van der Waals surface area contributed by atoms with Crippen molar-refractivity contribution in [2.75, 3.05) is 50.7 Å². The third-order valence-electron chi connectivity index (χ3n) is 5.13. The van der Waals surface area contributed by atoms with E-state index in [4.69, 9.17) is 0 Å². The van der Waals surface area contributed by atoms with Crippen LogP contribution >= 0.6 is 24.0 Å². The zero-order valence-corrected chi connectivity index (χ0v) is 19.0. The number of fused-ring (bicyclic) bond motifs is 1. The molecule has 2 aliphatic rings. The van der Waals surface area contributed by atoms with Gasteiger partial charge < -0.3 is 20.0 Å². The number of nitrogens with one attached hydrogen (secondary N) is 1. The molecule has 8 heteroatoms. The molecular weight excluding hydrogens is 469 g/mol. The van der Waals surface area contributed by atoms with E-state index in [-0.39, 0.29) is 42.3 Å². The molecule has 0 unspecified atom stereocenters. The molecule has 2 heterocycles. The summed E-state index contributed by atoms with van der Waals surface area (Å²) in [6.45, 7) is 8.07. The quantitative estimate of drug-likeness (QED) is 0.391. The standard InChI is InChI=1S/C20H29N5O2.HI/c1-3-21-20(24-13-11-23(12-14-24)16(2)26)22-15-19(27)25-10-6-8-17-7-4-5-9-18(17)25;/h4-5,7,9H,3,6,8,10-15H2,1-2H3,(H,21,22);1H. The maximum Gasteiger partial charge on any atom is 0.248 e. The van der Waals surface area contributed by atoms with E-state index in [9.17, 15) is 9.59 Å². The Morgan fingerprint density at radius 3 is 2.43 bits per heavy atom. The van der Waals surface area contributed by atoms with Crippen molar-refractivity contribution in [2.24, 2.45) is 4.99 Å². The SMILES string of the molecule is CCNC(=NCC(=O)N1CCCc2ccccc21)N1CCN(C(C)=O)CC1.I. The number of carbonyl (C=O) groups excluding carboxylic acids is 2. The Labute approximate surface area is 184 Å². The second-order valence-electron chi connectivity index (χ2n) is 6.94. The predicted molar refractivity (Wildman–Crippen MR) is 122 cm³/mol. The second kappa shape index (κ2) is 10.6. The third kappa shape index (κ3) is 5.36. The first-order valence-corrected chi connectivity index (χ1v) is 9.77. The summed E-state index contributed by atoms with van der Waals surface area (Å²) in [5.41, 5.74) is 2.25. The number of amides is 2. The molecule has 2 aliphatic heterocycles. The van der Waals surface area contributed by atoms with E-state index in [1.54, 1.807) is 6.92 Å². The van der Waals surface area contributed by atoms with E-state index in [1.165, 1.54) is 5.56 Å². The minimum atomic E-state index is 0. The van der Waals surface area contributed by atoms with Gasteiger partial charge in [-0.2, -0.15) is 0 Å². The lowest BCUT2D eigenvalue weighted by molar-refractivity contribution is -0.130. The van der Waals surface area contributed by atoms with Gasteiger partial charge in [0.05, 0.1) is 0 Å².